The van der Waals surface area contributed by atoms with Crippen molar-refractivity contribution in [3.63, 3.8) is 0 Å². The normalized spacial score (nSPS) is 12.0. The topological polar surface area (TPSA) is 218 Å². The number of nitrogens with zero attached hydrogens (tertiary/aromatic N) is 4. The molecule has 354 valence electrons. The third-order valence-electron chi connectivity index (χ3n) is 9.87. The van der Waals surface area contributed by atoms with Crippen molar-refractivity contribution in [2.45, 2.75) is 44.7 Å². The van der Waals surface area contributed by atoms with E-state index in [4.69, 9.17) is 67.5 Å². The number of para-hydroxylation sites is 2. The van der Waals surface area contributed by atoms with Crippen molar-refractivity contribution in [2.24, 2.45) is 20.5 Å². The molecule has 0 heterocycles. The predicted molar refractivity (Wildman–Crippen MR) is 265 cm³/mol. The summed E-state index contributed by atoms with van der Waals surface area (Å²) in [5.41, 5.74) is 3.13. The highest BCUT2D eigenvalue weighted by Gasteiger charge is 2.27. The Morgan fingerprint density at radius 1 is 0.544 bits per heavy atom. The lowest BCUT2D eigenvalue weighted by Crippen LogP contribution is -2.32. The molecule has 0 radical (unpaired) electrons. The molecule has 0 aliphatic heterocycles. The summed E-state index contributed by atoms with van der Waals surface area (Å²) in [5, 5.41) is 26.6. The summed E-state index contributed by atoms with van der Waals surface area (Å²) in [7, 11) is 2.95. The molecule has 0 aliphatic carbocycles. The number of halogens is 5. The van der Waals surface area contributed by atoms with Crippen molar-refractivity contribution in [1.82, 2.24) is 0 Å². The Kier molecular flexibility index (Phi) is 19.4. The second-order valence-electron chi connectivity index (χ2n) is 14.5. The number of hydrogen-bond acceptors (Lipinski definition) is 12. The number of benzene rings is 5. The molecule has 4 amide bonds. The van der Waals surface area contributed by atoms with E-state index in [2.05, 4.69) is 41.7 Å². The highest BCUT2D eigenvalue weighted by Crippen LogP contribution is 2.35. The molecule has 2 unspecified atom stereocenters. The Labute approximate surface area is 416 Å². The van der Waals surface area contributed by atoms with Crippen LogP contribution in [0.5, 0.6) is 11.5 Å². The van der Waals surface area contributed by atoms with Crippen molar-refractivity contribution < 1.29 is 38.2 Å². The van der Waals surface area contributed by atoms with Gasteiger partial charge >= 0.3 is 0 Å². The summed E-state index contributed by atoms with van der Waals surface area (Å²) in [5.74, 6) is -2.80. The maximum absolute atomic E-state index is 13.5. The van der Waals surface area contributed by atoms with Crippen LogP contribution in [0.2, 0.25) is 10.0 Å². The third-order valence-corrected chi connectivity index (χ3v) is 11.3. The van der Waals surface area contributed by atoms with Crippen LogP contribution in [0.1, 0.15) is 51.3 Å². The summed E-state index contributed by atoms with van der Waals surface area (Å²) in [6, 6.07) is 20.3. The van der Waals surface area contributed by atoms with Gasteiger partial charge in [-0.15, -0.1) is 34.8 Å². The van der Waals surface area contributed by atoms with Crippen LogP contribution < -0.4 is 30.7 Å². The molecule has 5 aromatic rings. The molecule has 5 aromatic carbocycles. The van der Waals surface area contributed by atoms with Crippen molar-refractivity contribution in [3.05, 3.63) is 129 Å². The molecule has 0 bridgehead atoms. The number of carbonyl (C=O) groups excluding carboxylic acids is 6. The smallest absolute Gasteiger partial charge is 0.258 e. The fourth-order valence-corrected chi connectivity index (χ4v) is 7.69. The van der Waals surface area contributed by atoms with E-state index in [9.17, 15) is 28.8 Å². The lowest BCUT2D eigenvalue weighted by molar-refractivity contribution is -0.127. The molecule has 16 nitrogen and oxygen atoms in total. The van der Waals surface area contributed by atoms with E-state index >= 15 is 0 Å². The van der Waals surface area contributed by atoms with E-state index in [1.54, 1.807) is 24.3 Å². The summed E-state index contributed by atoms with van der Waals surface area (Å²) in [6.07, 6.45) is 1.02. The van der Waals surface area contributed by atoms with Crippen LogP contribution in [-0.4, -0.2) is 73.3 Å². The van der Waals surface area contributed by atoms with Crippen molar-refractivity contribution in [2.75, 3.05) is 47.2 Å². The number of azo groups is 2. The number of amides is 4. The molecule has 0 saturated carbocycles. The van der Waals surface area contributed by atoms with Gasteiger partial charge in [0.25, 0.3) is 23.6 Å². The lowest BCUT2D eigenvalue weighted by atomic mass is 10.1. The number of aryl methyl sites for hydroxylation is 2. The summed E-state index contributed by atoms with van der Waals surface area (Å²) in [4.78, 5) is 78.9. The van der Waals surface area contributed by atoms with Crippen molar-refractivity contribution in [1.29, 1.82) is 0 Å². The van der Waals surface area contributed by atoms with Gasteiger partial charge in [-0.3, -0.25) is 28.8 Å². The van der Waals surface area contributed by atoms with Gasteiger partial charge in [0.05, 0.1) is 46.8 Å². The van der Waals surface area contributed by atoms with Crippen LogP contribution in [0.4, 0.5) is 34.1 Å². The standard InChI is InChI=1S/C47H43Cl5N8O8/c1-25(61)40(59-57-34-13-7-11-31(38(34)51)44(63)55-36-15-5-9-27(19-21-48)42(36)67-3)46(65)53-30-17-18-33(29(23-30)24-50)54-47(66)41(26(2)62)60-58-35-14-8-12-32(39(35)52)45(64)56-37-16-6-10-28(20-22-49)43(37)68-4/h5-18,23,40-41H,19-22,24H2,1-4H3,(H,53,65)(H,54,66)(H,55,63)(H,56,64). The second kappa shape index (κ2) is 25.1. The minimum Gasteiger partial charge on any atom is -0.494 e. The Morgan fingerprint density at radius 2 is 0.985 bits per heavy atom. The zero-order valence-corrected chi connectivity index (χ0v) is 40.6. The van der Waals surface area contributed by atoms with Gasteiger partial charge in [0.2, 0.25) is 12.1 Å². The quantitative estimate of drug-likeness (QED) is 0.0314. The number of ether oxygens (including phenoxy) is 2. The first-order chi connectivity index (χ1) is 32.6. The number of methoxy groups -OCH3 is 2. The molecule has 4 N–H and O–H groups in total. The highest BCUT2D eigenvalue weighted by atomic mass is 35.5. The van der Waals surface area contributed by atoms with Gasteiger partial charge in [0, 0.05) is 29.0 Å². The van der Waals surface area contributed by atoms with E-state index in [1.165, 1.54) is 68.8 Å². The first-order valence-corrected chi connectivity index (χ1v) is 22.8. The van der Waals surface area contributed by atoms with E-state index in [1.807, 2.05) is 12.1 Å². The zero-order valence-electron chi connectivity index (χ0n) is 36.8. The van der Waals surface area contributed by atoms with Crippen LogP contribution >= 0.6 is 58.0 Å². The molecule has 0 aliphatic rings. The van der Waals surface area contributed by atoms with Gasteiger partial charge in [-0.2, -0.15) is 20.5 Å². The molecule has 0 saturated heterocycles. The Balaban J connectivity index is 1.27. The molecule has 2 atom stereocenters. The van der Waals surface area contributed by atoms with Crippen LogP contribution in [-0.2, 0) is 37.9 Å². The van der Waals surface area contributed by atoms with E-state index in [0.717, 1.165) is 25.0 Å². The van der Waals surface area contributed by atoms with E-state index in [-0.39, 0.29) is 49.8 Å². The SMILES string of the molecule is COc1c(CCCl)cccc1NC(=O)c1cccc(N=NC(C(C)=O)C(=O)Nc2ccc(NC(=O)C(N=Nc3cccc(C(=O)Nc4cccc(CCCl)c4OC)c3Cl)C(C)=O)c(CCl)c2)c1Cl. The maximum Gasteiger partial charge on any atom is 0.258 e. The first-order valence-electron chi connectivity index (χ1n) is 20.4. The first kappa shape index (κ1) is 52.5. The fraction of sp³-hybridized carbons (Fsp3) is 0.234. The summed E-state index contributed by atoms with van der Waals surface area (Å²) < 4.78 is 11.0. The second-order valence-corrected chi connectivity index (χ2v) is 16.3. The number of rotatable bonds is 21. The zero-order chi connectivity index (χ0) is 49.5. The predicted octanol–water partition coefficient (Wildman–Crippen LogP) is 11.2. The van der Waals surface area contributed by atoms with Crippen LogP contribution in [0.25, 0.3) is 0 Å². The third kappa shape index (κ3) is 13.2. The largest absolute Gasteiger partial charge is 0.494 e. The van der Waals surface area contributed by atoms with Crippen molar-refractivity contribution >= 4 is 127 Å². The number of anilines is 4. The van der Waals surface area contributed by atoms with Crippen LogP contribution in [0.3, 0.4) is 0 Å². The van der Waals surface area contributed by atoms with E-state index < -0.39 is 47.3 Å². The fourth-order valence-electron chi connectivity index (χ4n) is 6.56. The Bertz CT molecular complexity index is 2790. The van der Waals surface area contributed by atoms with Crippen LogP contribution in [0, 0.1) is 0 Å². The average molecular weight is 1030 g/mol. The molecular weight excluding hydrogens is 982 g/mol. The lowest BCUT2D eigenvalue weighted by Gasteiger charge is -2.15. The monoisotopic (exact) mass is 1020 g/mol. The summed E-state index contributed by atoms with van der Waals surface area (Å²) >= 11 is 31.3. The van der Waals surface area contributed by atoms with Crippen LogP contribution in [0.15, 0.2) is 111 Å². The molecule has 5 rings (SSSR count). The number of carbonyl (C=O) groups is 6. The molecule has 21 heteroatoms. The Morgan fingerprint density at radius 3 is 1.40 bits per heavy atom. The minimum absolute atomic E-state index is 0.00719. The Hall–Kier alpha value is -6.43. The molecule has 0 aromatic heterocycles. The molecule has 68 heavy (non-hydrogen) atoms. The van der Waals surface area contributed by atoms with E-state index in [0.29, 0.717) is 53.0 Å². The molecule has 0 fully saturated rings. The number of alkyl halides is 3. The van der Waals surface area contributed by atoms with Gasteiger partial charge < -0.3 is 30.7 Å². The van der Waals surface area contributed by atoms with Gasteiger partial charge in [-0.25, -0.2) is 0 Å². The number of nitrogens with one attached hydrogen (secondary N) is 4. The van der Waals surface area contributed by atoms with Gasteiger partial charge in [0.15, 0.2) is 11.6 Å². The maximum atomic E-state index is 13.5. The number of hydrogen-bond donors (Lipinski definition) is 4. The highest BCUT2D eigenvalue weighted by molar-refractivity contribution is 6.37. The van der Waals surface area contributed by atoms with Gasteiger partial charge in [0.1, 0.15) is 22.9 Å². The molecular formula is C47H43Cl5N8O8. The van der Waals surface area contributed by atoms with Gasteiger partial charge in [-0.05, 0) is 98.0 Å². The van der Waals surface area contributed by atoms with Gasteiger partial charge in [-0.1, -0.05) is 59.6 Å². The number of ketones is 2. The average Bonchev–Trinajstić information content (AvgIpc) is 3.30. The van der Waals surface area contributed by atoms with Crippen molar-refractivity contribution in [3.8, 4) is 11.5 Å². The number of Topliss-reactive ketones (excluding diaryl/α,β-unsaturated/α-hetero) is 2. The summed E-state index contributed by atoms with van der Waals surface area (Å²) in [6.45, 7) is 2.30. The molecule has 0 spiro atoms. The minimum atomic E-state index is -1.65.